The van der Waals surface area contributed by atoms with Crippen LogP contribution in [0.2, 0.25) is 0 Å². The Balaban J connectivity index is 1.90. The van der Waals surface area contributed by atoms with Gasteiger partial charge in [0.15, 0.2) is 0 Å². The standard InChI is InChI=1S/C14H12N4O3/c19-12-6-10(13(20)21)8-18(12)14-16-5-3-11(17-14)9-2-1-4-15-7-9/h1-5,7,10H,6,8H2,(H,20,21). The van der Waals surface area contributed by atoms with Crippen LogP contribution in [0.4, 0.5) is 5.95 Å². The third-order valence-corrected chi connectivity index (χ3v) is 3.32. The number of nitrogens with zero attached hydrogens (tertiary/aromatic N) is 4. The van der Waals surface area contributed by atoms with Crippen LogP contribution in [-0.4, -0.2) is 38.5 Å². The van der Waals surface area contributed by atoms with Gasteiger partial charge in [0.05, 0.1) is 11.6 Å². The topological polar surface area (TPSA) is 96.3 Å². The maximum Gasteiger partial charge on any atom is 0.308 e. The molecule has 2 aromatic heterocycles. The highest BCUT2D eigenvalue weighted by atomic mass is 16.4. The van der Waals surface area contributed by atoms with Gasteiger partial charge in [0, 0.05) is 37.1 Å². The third kappa shape index (κ3) is 2.58. The van der Waals surface area contributed by atoms with Gasteiger partial charge in [-0.15, -0.1) is 0 Å². The number of anilines is 1. The molecular formula is C14H12N4O3. The van der Waals surface area contributed by atoms with Gasteiger partial charge < -0.3 is 5.11 Å². The van der Waals surface area contributed by atoms with Crippen molar-refractivity contribution in [3.8, 4) is 11.3 Å². The second-order valence-corrected chi connectivity index (χ2v) is 4.73. The summed E-state index contributed by atoms with van der Waals surface area (Å²) >= 11 is 0. The quantitative estimate of drug-likeness (QED) is 0.902. The minimum Gasteiger partial charge on any atom is -0.481 e. The molecule has 7 nitrogen and oxygen atoms in total. The summed E-state index contributed by atoms with van der Waals surface area (Å²) in [6.07, 6.45) is 4.85. The smallest absolute Gasteiger partial charge is 0.308 e. The van der Waals surface area contributed by atoms with E-state index >= 15 is 0 Å². The van der Waals surface area contributed by atoms with Crippen molar-refractivity contribution in [3.05, 3.63) is 36.8 Å². The van der Waals surface area contributed by atoms with E-state index in [0.29, 0.717) is 5.69 Å². The molecule has 106 valence electrons. The summed E-state index contributed by atoms with van der Waals surface area (Å²) in [5.74, 6) is -1.73. The van der Waals surface area contributed by atoms with Gasteiger partial charge >= 0.3 is 5.97 Å². The van der Waals surface area contributed by atoms with E-state index in [-0.39, 0.29) is 24.8 Å². The number of hydrogen-bond acceptors (Lipinski definition) is 5. The molecule has 0 bridgehead atoms. The summed E-state index contributed by atoms with van der Waals surface area (Å²) in [6.45, 7) is 0.102. The number of aromatic nitrogens is 3. The zero-order chi connectivity index (χ0) is 14.8. The van der Waals surface area contributed by atoms with Crippen LogP contribution in [0.1, 0.15) is 6.42 Å². The largest absolute Gasteiger partial charge is 0.481 e. The van der Waals surface area contributed by atoms with Crippen molar-refractivity contribution >= 4 is 17.8 Å². The molecule has 0 radical (unpaired) electrons. The van der Waals surface area contributed by atoms with Gasteiger partial charge in [-0.1, -0.05) is 0 Å². The Morgan fingerprint density at radius 1 is 1.33 bits per heavy atom. The molecule has 1 amide bonds. The molecule has 0 aromatic carbocycles. The lowest BCUT2D eigenvalue weighted by Crippen LogP contribution is -2.27. The van der Waals surface area contributed by atoms with Gasteiger partial charge in [0.2, 0.25) is 11.9 Å². The van der Waals surface area contributed by atoms with Crippen molar-refractivity contribution < 1.29 is 14.7 Å². The minimum absolute atomic E-state index is 0.0180. The van der Waals surface area contributed by atoms with Gasteiger partial charge in [-0.2, -0.15) is 0 Å². The molecule has 2 aromatic rings. The predicted molar refractivity (Wildman–Crippen MR) is 73.4 cm³/mol. The van der Waals surface area contributed by atoms with Crippen LogP contribution in [0.25, 0.3) is 11.3 Å². The number of rotatable bonds is 3. The normalized spacial score (nSPS) is 18.0. The first-order valence-electron chi connectivity index (χ1n) is 6.42. The molecular weight excluding hydrogens is 272 g/mol. The van der Waals surface area contributed by atoms with Gasteiger partial charge in [-0.25, -0.2) is 9.97 Å². The van der Waals surface area contributed by atoms with E-state index in [2.05, 4.69) is 15.0 Å². The second kappa shape index (κ2) is 5.28. The van der Waals surface area contributed by atoms with E-state index in [9.17, 15) is 9.59 Å². The Morgan fingerprint density at radius 3 is 2.86 bits per heavy atom. The molecule has 1 aliphatic heterocycles. The molecule has 21 heavy (non-hydrogen) atoms. The van der Waals surface area contributed by atoms with Crippen molar-refractivity contribution in [3.63, 3.8) is 0 Å². The molecule has 1 saturated heterocycles. The molecule has 1 unspecified atom stereocenters. The fraction of sp³-hybridized carbons (Fsp3) is 0.214. The van der Waals surface area contributed by atoms with Crippen LogP contribution < -0.4 is 4.90 Å². The Kier molecular flexibility index (Phi) is 3.31. The lowest BCUT2D eigenvalue weighted by atomic mass is 10.1. The van der Waals surface area contributed by atoms with E-state index in [4.69, 9.17) is 5.11 Å². The Hall–Kier alpha value is -2.83. The van der Waals surface area contributed by atoms with Gasteiger partial charge in [0.25, 0.3) is 0 Å². The Labute approximate surface area is 120 Å². The molecule has 1 N–H and O–H groups in total. The average Bonchev–Trinajstić information content (AvgIpc) is 2.91. The van der Waals surface area contributed by atoms with Crippen molar-refractivity contribution in [2.45, 2.75) is 6.42 Å². The minimum atomic E-state index is -0.978. The summed E-state index contributed by atoms with van der Waals surface area (Å²) in [5.41, 5.74) is 1.45. The van der Waals surface area contributed by atoms with Crippen molar-refractivity contribution in [1.29, 1.82) is 0 Å². The van der Waals surface area contributed by atoms with Crippen molar-refractivity contribution in [2.75, 3.05) is 11.4 Å². The number of pyridine rings is 1. The number of hydrogen-bond donors (Lipinski definition) is 1. The lowest BCUT2D eigenvalue weighted by Gasteiger charge is -2.14. The van der Waals surface area contributed by atoms with Crippen molar-refractivity contribution in [1.82, 2.24) is 15.0 Å². The van der Waals surface area contributed by atoms with Crippen LogP contribution in [0.15, 0.2) is 36.8 Å². The van der Waals surface area contributed by atoms with Crippen molar-refractivity contribution in [2.24, 2.45) is 5.92 Å². The summed E-state index contributed by atoms with van der Waals surface area (Å²) in [6, 6.07) is 5.36. The number of carbonyl (C=O) groups is 2. The molecule has 0 aliphatic carbocycles. The monoisotopic (exact) mass is 284 g/mol. The number of amides is 1. The summed E-state index contributed by atoms with van der Waals surface area (Å²) in [7, 11) is 0. The molecule has 0 saturated carbocycles. The molecule has 3 rings (SSSR count). The van der Waals surface area contributed by atoms with E-state index in [1.165, 1.54) is 4.90 Å². The summed E-state index contributed by atoms with van der Waals surface area (Å²) in [5, 5.41) is 9.00. The zero-order valence-electron chi connectivity index (χ0n) is 11.0. The molecule has 1 aliphatic rings. The Morgan fingerprint density at radius 2 is 2.19 bits per heavy atom. The van der Waals surface area contributed by atoms with E-state index in [1.807, 2.05) is 6.07 Å². The number of aliphatic carboxylic acids is 1. The number of carboxylic acids is 1. The fourth-order valence-corrected chi connectivity index (χ4v) is 2.22. The molecule has 1 atom stereocenters. The molecule has 3 heterocycles. The predicted octanol–water partition coefficient (Wildman–Crippen LogP) is 0.976. The van der Waals surface area contributed by atoms with Gasteiger partial charge in [0.1, 0.15) is 0 Å². The third-order valence-electron chi connectivity index (χ3n) is 3.32. The Bertz CT molecular complexity index is 690. The fourth-order valence-electron chi connectivity index (χ4n) is 2.22. The second-order valence-electron chi connectivity index (χ2n) is 4.73. The molecule has 1 fully saturated rings. The van der Waals surface area contributed by atoms with Crippen LogP contribution in [-0.2, 0) is 9.59 Å². The maximum atomic E-state index is 11.9. The first kappa shape index (κ1) is 13.2. The van der Waals surface area contributed by atoms with E-state index < -0.39 is 11.9 Å². The first-order valence-corrected chi connectivity index (χ1v) is 6.42. The van der Waals surface area contributed by atoms with Gasteiger partial charge in [-0.05, 0) is 18.2 Å². The van der Waals surface area contributed by atoms with Crippen LogP contribution >= 0.6 is 0 Å². The van der Waals surface area contributed by atoms with Crippen LogP contribution in [0, 0.1) is 5.92 Å². The average molecular weight is 284 g/mol. The highest BCUT2D eigenvalue weighted by molar-refractivity contribution is 5.98. The molecule has 7 heteroatoms. The first-order chi connectivity index (χ1) is 10.1. The highest BCUT2D eigenvalue weighted by Gasteiger charge is 2.36. The number of carbonyl (C=O) groups excluding carboxylic acids is 1. The zero-order valence-corrected chi connectivity index (χ0v) is 11.0. The van der Waals surface area contributed by atoms with Crippen LogP contribution in [0.5, 0.6) is 0 Å². The number of carboxylic acid groups (broad SMARTS) is 1. The van der Waals surface area contributed by atoms with E-state index in [1.54, 1.807) is 30.7 Å². The maximum absolute atomic E-state index is 11.9. The summed E-state index contributed by atoms with van der Waals surface area (Å²) < 4.78 is 0. The van der Waals surface area contributed by atoms with Gasteiger partial charge in [-0.3, -0.25) is 19.5 Å². The SMILES string of the molecule is O=C(O)C1CC(=O)N(c2nccc(-c3cccnc3)n2)C1. The van der Waals surface area contributed by atoms with Crippen LogP contribution in [0.3, 0.4) is 0 Å². The lowest BCUT2D eigenvalue weighted by molar-refractivity contribution is -0.141. The molecule has 0 spiro atoms. The highest BCUT2D eigenvalue weighted by Crippen LogP contribution is 2.24. The summed E-state index contributed by atoms with van der Waals surface area (Å²) in [4.78, 5) is 36.6. The van der Waals surface area contributed by atoms with E-state index in [0.717, 1.165) is 5.56 Å².